The predicted octanol–water partition coefficient (Wildman–Crippen LogP) is 4.60. The van der Waals surface area contributed by atoms with E-state index in [-0.39, 0.29) is 29.9 Å². The van der Waals surface area contributed by atoms with E-state index < -0.39 is 11.2 Å². The Morgan fingerprint density at radius 3 is 1.56 bits per heavy atom. The molecule has 0 aromatic heterocycles. The summed E-state index contributed by atoms with van der Waals surface area (Å²) in [5, 5.41) is 20.9. The van der Waals surface area contributed by atoms with Gasteiger partial charge in [-0.3, -0.25) is 14.4 Å². The van der Waals surface area contributed by atoms with Crippen LogP contribution in [-0.4, -0.2) is 48.3 Å². The Kier molecular flexibility index (Phi) is 10.4. The second-order valence-electron chi connectivity index (χ2n) is 10.2. The molecule has 0 radical (unpaired) electrons. The maximum absolute atomic E-state index is 11.6. The van der Waals surface area contributed by atoms with Gasteiger partial charge in [-0.1, -0.05) is 48.5 Å². The van der Waals surface area contributed by atoms with E-state index in [0.29, 0.717) is 51.1 Å². The highest BCUT2D eigenvalue weighted by Crippen LogP contribution is 2.47. The van der Waals surface area contributed by atoms with Crippen LogP contribution in [-0.2, 0) is 35.0 Å². The number of hydrogen-bond acceptors (Lipinski definition) is 8. The third-order valence-electron chi connectivity index (χ3n) is 7.49. The smallest absolute Gasteiger partial charge is 0.309 e. The zero-order valence-corrected chi connectivity index (χ0v) is 23.2. The fourth-order valence-electron chi connectivity index (χ4n) is 5.12. The number of ether oxygens (including phenoxy) is 3. The van der Waals surface area contributed by atoms with Crippen LogP contribution in [0, 0.1) is 11.8 Å². The number of hydrogen-bond donors (Lipinski definition) is 2. The molecule has 4 rings (SSSR count). The number of carbonyl (C=O) groups is 3. The van der Waals surface area contributed by atoms with Gasteiger partial charge in [0.2, 0.25) is 0 Å². The zero-order valence-electron chi connectivity index (χ0n) is 23.2. The molecule has 2 aromatic carbocycles. The summed E-state index contributed by atoms with van der Waals surface area (Å²) >= 11 is 0. The van der Waals surface area contributed by atoms with Gasteiger partial charge in [0.05, 0.1) is 42.4 Å². The summed E-state index contributed by atoms with van der Waals surface area (Å²) in [6, 6.07) is 14.6. The molecule has 0 aliphatic heterocycles. The Labute approximate surface area is 230 Å². The number of rotatable bonds is 10. The van der Waals surface area contributed by atoms with Crippen molar-refractivity contribution in [3.63, 3.8) is 0 Å². The fourth-order valence-corrected chi connectivity index (χ4v) is 5.12. The van der Waals surface area contributed by atoms with Crippen LogP contribution >= 0.6 is 0 Å². The Morgan fingerprint density at radius 2 is 1.21 bits per heavy atom. The maximum atomic E-state index is 11.6. The third kappa shape index (κ3) is 7.32. The minimum atomic E-state index is -0.959. The lowest BCUT2D eigenvalue weighted by atomic mass is 9.67. The van der Waals surface area contributed by atoms with Gasteiger partial charge in [-0.15, -0.1) is 0 Å². The zero-order chi connectivity index (χ0) is 28.6. The first-order valence-corrected chi connectivity index (χ1v) is 13.6. The van der Waals surface area contributed by atoms with Gasteiger partial charge < -0.3 is 24.4 Å². The summed E-state index contributed by atoms with van der Waals surface area (Å²) < 4.78 is 15.4. The van der Waals surface area contributed by atoms with E-state index in [0.717, 1.165) is 23.0 Å². The van der Waals surface area contributed by atoms with Crippen molar-refractivity contribution in [2.45, 2.75) is 70.7 Å². The Bertz CT molecular complexity index is 1100. The minimum absolute atomic E-state index is 0.0485. The summed E-state index contributed by atoms with van der Waals surface area (Å²) in [6.45, 7) is 8.96. The molecule has 0 spiro atoms. The quantitative estimate of drug-likeness (QED) is 0.331. The number of aldehydes is 1. The molecule has 0 saturated heterocycles. The van der Waals surface area contributed by atoms with Crippen LogP contribution in [0.5, 0.6) is 0 Å². The summed E-state index contributed by atoms with van der Waals surface area (Å²) in [4.78, 5) is 33.6. The molecule has 2 saturated carbocycles. The molecule has 0 amide bonds. The molecule has 1 unspecified atom stereocenters. The van der Waals surface area contributed by atoms with Gasteiger partial charge in [0.25, 0.3) is 0 Å². The normalized spacial score (nSPS) is 26.1. The highest BCUT2D eigenvalue weighted by atomic mass is 16.5. The van der Waals surface area contributed by atoms with Gasteiger partial charge in [0, 0.05) is 12.2 Å². The first kappa shape index (κ1) is 30.5. The van der Waals surface area contributed by atoms with Crippen molar-refractivity contribution < 1.29 is 38.8 Å². The van der Waals surface area contributed by atoms with Crippen molar-refractivity contribution in [1.29, 1.82) is 0 Å². The van der Waals surface area contributed by atoms with E-state index in [4.69, 9.17) is 14.2 Å². The minimum Gasteiger partial charge on any atom is -0.466 e. The second-order valence-corrected chi connectivity index (χ2v) is 10.2. The highest BCUT2D eigenvalue weighted by molar-refractivity contribution is 5.76. The Balaban J connectivity index is 0.000000218. The maximum Gasteiger partial charge on any atom is 0.309 e. The molecule has 0 bridgehead atoms. The van der Waals surface area contributed by atoms with Gasteiger partial charge in [0.15, 0.2) is 0 Å². The van der Waals surface area contributed by atoms with Gasteiger partial charge in [-0.2, -0.15) is 0 Å². The summed E-state index contributed by atoms with van der Waals surface area (Å²) in [5.74, 6) is -0.854. The van der Waals surface area contributed by atoms with Crippen LogP contribution in [0.15, 0.2) is 48.5 Å². The van der Waals surface area contributed by atoms with Crippen LogP contribution in [0.4, 0.5) is 0 Å². The van der Waals surface area contributed by atoms with Gasteiger partial charge in [0.1, 0.15) is 6.29 Å². The topological polar surface area (TPSA) is 119 Å². The lowest BCUT2D eigenvalue weighted by Crippen LogP contribution is -2.45. The average molecular weight is 541 g/mol. The number of aliphatic hydroxyl groups is 2. The second kappa shape index (κ2) is 13.3. The average Bonchev–Trinajstić information content (AvgIpc) is 2.90. The van der Waals surface area contributed by atoms with E-state index >= 15 is 0 Å². The van der Waals surface area contributed by atoms with Crippen molar-refractivity contribution in [2.75, 3.05) is 19.8 Å². The third-order valence-corrected chi connectivity index (χ3v) is 7.49. The summed E-state index contributed by atoms with van der Waals surface area (Å²) in [5.41, 5.74) is 1.40. The van der Waals surface area contributed by atoms with E-state index in [1.807, 2.05) is 38.1 Å². The number of benzene rings is 2. The summed E-state index contributed by atoms with van der Waals surface area (Å²) in [7, 11) is 0. The molecular formula is C31H40O8. The molecular weight excluding hydrogens is 500 g/mol. The lowest BCUT2D eigenvalue weighted by molar-refractivity contribution is -0.165. The number of esters is 2. The van der Waals surface area contributed by atoms with Crippen molar-refractivity contribution >= 4 is 18.2 Å². The van der Waals surface area contributed by atoms with E-state index in [1.165, 1.54) is 0 Å². The molecule has 8 heteroatoms. The van der Waals surface area contributed by atoms with Crippen molar-refractivity contribution in [3.05, 3.63) is 70.8 Å². The highest BCUT2D eigenvalue weighted by Gasteiger charge is 2.48. The van der Waals surface area contributed by atoms with Crippen LogP contribution in [0.3, 0.4) is 0 Å². The van der Waals surface area contributed by atoms with Gasteiger partial charge >= 0.3 is 11.9 Å². The molecule has 2 N–H and O–H groups in total. The summed E-state index contributed by atoms with van der Waals surface area (Å²) in [6.07, 6.45) is 2.44. The Hall–Kier alpha value is -3.07. The van der Waals surface area contributed by atoms with Gasteiger partial charge in [-0.05, 0) is 70.1 Å². The molecule has 212 valence electrons. The van der Waals surface area contributed by atoms with E-state index in [1.54, 1.807) is 38.1 Å². The van der Waals surface area contributed by atoms with Crippen LogP contribution in [0.2, 0.25) is 0 Å². The van der Waals surface area contributed by atoms with Crippen LogP contribution in [0.1, 0.15) is 86.5 Å². The van der Waals surface area contributed by atoms with Crippen LogP contribution < -0.4 is 0 Å². The van der Waals surface area contributed by atoms with E-state index in [2.05, 4.69) is 0 Å². The standard InChI is InChI=1S/C17H24O4.C14H16O4/c1-4-20-12(3)13-6-8-15(9-7-13)17(19)10-14(11-17)16(18)21-5-2;1-2-18-13(16)11-7-14(17,8-11)12-5-3-10(9-15)4-6-12/h6-9,12,14,19H,4-5,10-11H2,1-3H3;3-6,9,11,17H,2,7-8H2,1H3. The molecule has 8 nitrogen and oxygen atoms in total. The molecule has 2 fully saturated rings. The largest absolute Gasteiger partial charge is 0.466 e. The molecule has 2 aliphatic rings. The Morgan fingerprint density at radius 1 is 0.795 bits per heavy atom. The lowest BCUT2D eigenvalue weighted by Gasteiger charge is -2.42. The molecule has 2 aliphatic carbocycles. The van der Waals surface area contributed by atoms with Crippen molar-refractivity contribution in [2.24, 2.45) is 11.8 Å². The first-order valence-electron chi connectivity index (χ1n) is 13.6. The molecule has 1 atom stereocenters. The molecule has 0 heterocycles. The molecule has 39 heavy (non-hydrogen) atoms. The number of carbonyl (C=O) groups excluding carboxylic acids is 3. The predicted molar refractivity (Wildman–Crippen MR) is 145 cm³/mol. The fraction of sp³-hybridized carbons (Fsp3) is 0.516. The SMILES string of the molecule is CCOC(=O)C1CC(O)(c2ccc(C(C)OCC)cc2)C1.CCOC(=O)C1CC(O)(c2ccc(C=O)cc2)C1. The van der Waals surface area contributed by atoms with Crippen LogP contribution in [0.25, 0.3) is 0 Å². The monoisotopic (exact) mass is 540 g/mol. The van der Waals surface area contributed by atoms with Gasteiger partial charge in [-0.25, -0.2) is 0 Å². The van der Waals surface area contributed by atoms with Crippen molar-refractivity contribution in [1.82, 2.24) is 0 Å². The molecule has 2 aromatic rings. The van der Waals surface area contributed by atoms with E-state index in [9.17, 15) is 24.6 Å². The van der Waals surface area contributed by atoms with Crippen molar-refractivity contribution in [3.8, 4) is 0 Å². The first-order chi connectivity index (χ1) is 18.6.